The lowest BCUT2D eigenvalue weighted by atomic mass is 10.2. The second-order valence-corrected chi connectivity index (χ2v) is 3.88. The van der Waals surface area contributed by atoms with Gasteiger partial charge in [-0.2, -0.15) is 0 Å². The molecule has 5 heteroatoms. The number of aryl methyl sites for hydroxylation is 1. The fraction of sp³-hybridized carbons (Fsp3) is 0.200. The van der Waals surface area contributed by atoms with E-state index in [4.69, 9.17) is 4.42 Å². The van der Waals surface area contributed by atoms with Gasteiger partial charge in [-0.25, -0.2) is 9.78 Å². The normalized spacial score (nSPS) is 10.6. The summed E-state index contributed by atoms with van der Waals surface area (Å²) in [5, 5.41) is 0. The van der Waals surface area contributed by atoms with Crippen molar-refractivity contribution in [1.82, 2.24) is 4.98 Å². The molecule has 0 saturated carbocycles. The van der Waals surface area contributed by atoms with Crippen LogP contribution in [0, 0.1) is 6.92 Å². The topological polar surface area (TPSA) is 52.3 Å². The molecule has 2 aromatic rings. The smallest absolute Gasteiger partial charge is 0.338 e. The maximum Gasteiger partial charge on any atom is 0.338 e. The van der Waals surface area contributed by atoms with Crippen LogP contribution in [0.5, 0.6) is 0 Å². The summed E-state index contributed by atoms with van der Waals surface area (Å²) in [5.74, 6) is 0.166. The molecule has 0 saturated heterocycles. The van der Waals surface area contributed by atoms with Gasteiger partial charge in [0.15, 0.2) is 11.5 Å². The number of rotatable bonds is 1. The number of halogens is 1. The van der Waals surface area contributed by atoms with Gasteiger partial charge >= 0.3 is 5.97 Å². The molecular formula is C10H8BrNO3. The van der Waals surface area contributed by atoms with E-state index >= 15 is 0 Å². The van der Waals surface area contributed by atoms with Gasteiger partial charge in [0.25, 0.3) is 0 Å². The number of benzene rings is 1. The van der Waals surface area contributed by atoms with Gasteiger partial charge in [-0.15, -0.1) is 0 Å². The lowest BCUT2D eigenvalue weighted by molar-refractivity contribution is 0.0600. The van der Waals surface area contributed by atoms with E-state index < -0.39 is 5.97 Å². The molecule has 0 unspecified atom stereocenters. The monoisotopic (exact) mass is 269 g/mol. The second-order valence-electron chi connectivity index (χ2n) is 3.03. The number of hydrogen-bond acceptors (Lipinski definition) is 4. The SMILES string of the molecule is COC(=O)c1cc(Br)c2nc(C)oc2c1. The van der Waals surface area contributed by atoms with Gasteiger partial charge in [-0.1, -0.05) is 0 Å². The number of nitrogens with zero attached hydrogens (tertiary/aromatic N) is 1. The van der Waals surface area contributed by atoms with Crippen LogP contribution in [-0.2, 0) is 4.74 Å². The molecule has 0 spiro atoms. The van der Waals surface area contributed by atoms with Crippen LogP contribution >= 0.6 is 15.9 Å². The standard InChI is InChI=1S/C10H8BrNO3/c1-5-12-9-7(11)3-6(10(13)14-2)4-8(9)15-5/h3-4H,1-2H3. The number of fused-ring (bicyclic) bond motifs is 1. The Bertz CT molecular complexity index is 533. The van der Waals surface area contributed by atoms with E-state index in [1.54, 1.807) is 19.1 Å². The first-order valence-corrected chi connectivity index (χ1v) is 5.06. The Hall–Kier alpha value is -1.36. The molecule has 0 amide bonds. The van der Waals surface area contributed by atoms with E-state index in [9.17, 15) is 4.79 Å². The number of oxazole rings is 1. The maximum absolute atomic E-state index is 11.3. The van der Waals surface area contributed by atoms with Gasteiger partial charge in [-0.05, 0) is 28.1 Å². The zero-order valence-corrected chi connectivity index (χ0v) is 9.79. The Balaban J connectivity index is 2.66. The average Bonchev–Trinajstić information content (AvgIpc) is 2.58. The van der Waals surface area contributed by atoms with E-state index in [2.05, 4.69) is 25.7 Å². The highest BCUT2D eigenvalue weighted by atomic mass is 79.9. The first-order chi connectivity index (χ1) is 7.11. The van der Waals surface area contributed by atoms with Crippen molar-refractivity contribution in [3.05, 3.63) is 28.1 Å². The number of carbonyl (C=O) groups is 1. The molecule has 0 aliphatic rings. The van der Waals surface area contributed by atoms with Crippen molar-refractivity contribution < 1.29 is 13.9 Å². The molecule has 0 fully saturated rings. The Morgan fingerprint density at radius 1 is 1.53 bits per heavy atom. The van der Waals surface area contributed by atoms with E-state index in [1.807, 2.05) is 0 Å². The summed E-state index contributed by atoms with van der Waals surface area (Å²) >= 11 is 3.33. The molecule has 0 radical (unpaired) electrons. The van der Waals surface area contributed by atoms with Crippen LogP contribution in [0.1, 0.15) is 16.2 Å². The van der Waals surface area contributed by atoms with Crippen molar-refractivity contribution >= 4 is 33.0 Å². The molecule has 1 aromatic carbocycles. The Labute approximate surface area is 94.4 Å². The van der Waals surface area contributed by atoms with Gasteiger partial charge in [0.2, 0.25) is 0 Å². The number of ether oxygens (including phenoxy) is 1. The fourth-order valence-electron chi connectivity index (χ4n) is 1.34. The third-order valence-electron chi connectivity index (χ3n) is 1.98. The summed E-state index contributed by atoms with van der Waals surface area (Å²) in [6.07, 6.45) is 0. The predicted molar refractivity (Wildman–Crippen MR) is 57.8 cm³/mol. The maximum atomic E-state index is 11.3. The highest BCUT2D eigenvalue weighted by molar-refractivity contribution is 9.10. The summed E-state index contributed by atoms with van der Waals surface area (Å²) in [4.78, 5) is 15.5. The number of carbonyl (C=O) groups excluding carboxylic acids is 1. The molecule has 1 heterocycles. The molecule has 4 nitrogen and oxygen atoms in total. The van der Waals surface area contributed by atoms with Crippen LogP contribution < -0.4 is 0 Å². The predicted octanol–water partition coefficient (Wildman–Crippen LogP) is 2.69. The van der Waals surface area contributed by atoms with Crippen LogP contribution in [-0.4, -0.2) is 18.1 Å². The molecule has 1 aromatic heterocycles. The first kappa shape index (κ1) is 10.2. The van der Waals surface area contributed by atoms with Crippen molar-refractivity contribution in [3.63, 3.8) is 0 Å². The lowest BCUT2D eigenvalue weighted by Crippen LogP contribution is -2.00. The molecule has 0 N–H and O–H groups in total. The Morgan fingerprint density at radius 2 is 2.27 bits per heavy atom. The van der Waals surface area contributed by atoms with Gasteiger partial charge in [0.05, 0.1) is 12.7 Å². The first-order valence-electron chi connectivity index (χ1n) is 4.27. The van der Waals surface area contributed by atoms with Gasteiger partial charge in [0.1, 0.15) is 5.52 Å². The van der Waals surface area contributed by atoms with Crippen LogP contribution in [0.25, 0.3) is 11.1 Å². The fourth-order valence-corrected chi connectivity index (χ4v) is 1.87. The summed E-state index contributed by atoms with van der Waals surface area (Å²) in [5.41, 5.74) is 1.72. The van der Waals surface area contributed by atoms with Crippen molar-refractivity contribution in [1.29, 1.82) is 0 Å². The van der Waals surface area contributed by atoms with Crippen molar-refractivity contribution in [2.45, 2.75) is 6.92 Å². The Kier molecular flexibility index (Phi) is 2.48. The van der Waals surface area contributed by atoms with Crippen molar-refractivity contribution in [3.8, 4) is 0 Å². The van der Waals surface area contributed by atoms with Crippen molar-refractivity contribution in [2.75, 3.05) is 7.11 Å². The molecule has 0 bridgehead atoms. The van der Waals surface area contributed by atoms with Gasteiger partial charge < -0.3 is 9.15 Å². The van der Waals surface area contributed by atoms with Crippen LogP contribution in [0.15, 0.2) is 21.0 Å². The minimum Gasteiger partial charge on any atom is -0.465 e. The molecule has 0 aliphatic carbocycles. The molecule has 78 valence electrons. The lowest BCUT2D eigenvalue weighted by Gasteiger charge is -1.99. The third kappa shape index (κ3) is 1.74. The largest absolute Gasteiger partial charge is 0.465 e. The zero-order valence-electron chi connectivity index (χ0n) is 8.20. The highest BCUT2D eigenvalue weighted by Gasteiger charge is 2.12. The molecular weight excluding hydrogens is 262 g/mol. The van der Waals surface area contributed by atoms with Crippen LogP contribution in [0.2, 0.25) is 0 Å². The summed E-state index contributed by atoms with van der Waals surface area (Å²) in [6.45, 7) is 1.75. The minimum atomic E-state index is -0.397. The Morgan fingerprint density at radius 3 is 2.93 bits per heavy atom. The van der Waals surface area contributed by atoms with Gasteiger partial charge in [-0.3, -0.25) is 0 Å². The average molecular weight is 270 g/mol. The highest BCUT2D eigenvalue weighted by Crippen LogP contribution is 2.26. The van der Waals surface area contributed by atoms with Crippen LogP contribution in [0.3, 0.4) is 0 Å². The third-order valence-corrected chi connectivity index (χ3v) is 2.58. The quantitative estimate of drug-likeness (QED) is 0.747. The minimum absolute atomic E-state index is 0.397. The van der Waals surface area contributed by atoms with Crippen LogP contribution in [0.4, 0.5) is 0 Å². The number of methoxy groups -OCH3 is 1. The molecule has 0 aliphatic heterocycles. The summed E-state index contributed by atoms with van der Waals surface area (Å²) in [7, 11) is 1.34. The summed E-state index contributed by atoms with van der Waals surface area (Å²) < 4.78 is 10.7. The zero-order chi connectivity index (χ0) is 11.0. The van der Waals surface area contributed by atoms with E-state index in [0.717, 1.165) is 4.47 Å². The van der Waals surface area contributed by atoms with Gasteiger partial charge in [0, 0.05) is 11.4 Å². The van der Waals surface area contributed by atoms with E-state index in [0.29, 0.717) is 22.6 Å². The molecule has 15 heavy (non-hydrogen) atoms. The van der Waals surface area contributed by atoms with E-state index in [1.165, 1.54) is 7.11 Å². The second kappa shape index (κ2) is 3.66. The number of esters is 1. The van der Waals surface area contributed by atoms with Crippen molar-refractivity contribution in [2.24, 2.45) is 0 Å². The molecule has 2 rings (SSSR count). The number of aromatic nitrogens is 1. The molecule has 0 atom stereocenters. The summed E-state index contributed by atoms with van der Waals surface area (Å²) in [6, 6.07) is 3.28. The van der Waals surface area contributed by atoms with E-state index in [-0.39, 0.29) is 0 Å². The number of hydrogen-bond donors (Lipinski definition) is 0.